The highest BCUT2D eigenvalue weighted by Crippen LogP contribution is 2.40. The molecular formula is C56H51Cl3N3O6+. The Labute approximate surface area is 411 Å². The van der Waals surface area contributed by atoms with Crippen molar-refractivity contribution < 1.29 is 29.4 Å². The molecule has 0 spiro atoms. The number of quaternary nitrogens is 1. The minimum Gasteiger partial charge on any atom is -0.478 e. The number of amides is 3. The SMILES string of the molecule is O=C(C=CC1=C(Cl)c2ccccc2CC1)[N+](C(=O)N1CCNCC1)(c1ccccc1)c1ccccc1.O=C(O)C=CC1=C(Cl)c2ccccc2CC1.O=C(O)C=CC1=C(Cl)c2ccccc2CC1. The summed E-state index contributed by atoms with van der Waals surface area (Å²) >= 11 is 19.2. The highest BCUT2D eigenvalue weighted by atomic mass is 35.5. The quantitative estimate of drug-likeness (QED) is 0.104. The van der Waals surface area contributed by atoms with Crippen LogP contribution in [0.3, 0.4) is 0 Å². The molecule has 0 unspecified atom stereocenters. The van der Waals surface area contributed by atoms with Crippen LogP contribution in [-0.4, -0.2) is 65.2 Å². The molecule has 1 heterocycles. The number of aryl methyl sites for hydroxylation is 3. The van der Waals surface area contributed by atoms with Gasteiger partial charge in [0.2, 0.25) is 0 Å². The van der Waals surface area contributed by atoms with E-state index < -0.39 is 16.4 Å². The molecule has 3 N–H and O–H groups in total. The van der Waals surface area contributed by atoms with Crippen molar-refractivity contribution in [3.05, 3.63) is 220 Å². The Morgan fingerprint density at radius 1 is 0.471 bits per heavy atom. The van der Waals surface area contributed by atoms with E-state index in [1.54, 1.807) is 23.1 Å². The molecule has 9 nitrogen and oxygen atoms in total. The molecule has 4 aliphatic rings. The number of piperazine rings is 1. The molecule has 0 saturated carbocycles. The molecule has 0 atom stereocenters. The topological polar surface area (TPSA) is 124 Å². The van der Waals surface area contributed by atoms with Gasteiger partial charge in [-0.3, -0.25) is 4.90 Å². The lowest BCUT2D eigenvalue weighted by molar-refractivity contribution is -0.132. The van der Waals surface area contributed by atoms with Crippen LogP contribution in [0.15, 0.2) is 187 Å². The summed E-state index contributed by atoms with van der Waals surface area (Å²) in [5.41, 5.74) is 10.6. The van der Waals surface area contributed by atoms with Crippen LogP contribution in [0.1, 0.15) is 52.6 Å². The van der Waals surface area contributed by atoms with Crippen molar-refractivity contribution in [3.8, 4) is 0 Å². The monoisotopic (exact) mass is 966 g/mol. The Kier molecular flexibility index (Phi) is 17.0. The molecule has 3 amide bonds. The van der Waals surface area contributed by atoms with Crippen LogP contribution in [0.5, 0.6) is 0 Å². The van der Waals surface area contributed by atoms with Crippen LogP contribution in [0.25, 0.3) is 15.1 Å². The summed E-state index contributed by atoms with van der Waals surface area (Å²) in [7, 11) is 0. The van der Waals surface area contributed by atoms with Gasteiger partial charge in [0.25, 0.3) is 0 Å². The fraction of sp³-hybridized carbons (Fsp3) is 0.179. The van der Waals surface area contributed by atoms with E-state index in [-0.39, 0.29) is 11.9 Å². The molecule has 5 aromatic carbocycles. The number of carbonyl (C=O) groups excluding carboxylic acids is 2. The summed E-state index contributed by atoms with van der Waals surface area (Å²) < 4.78 is -0.542. The van der Waals surface area contributed by atoms with E-state index in [1.807, 2.05) is 115 Å². The highest BCUT2D eigenvalue weighted by molar-refractivity contribution is 6.50. The molecule has 1 aliphatic heterocycles. The smallest absolute Gasteiger partial charge is 0.437 e. The summed E-state index contributed by atoms with van der Waals surface area (Å²) in [6.45, 7) is 2.48. The molecular weight excluding hydrogens is 917 g/mol. The van der Waals surface area contributed by atoms with Crippen molar-refractivity contribution in [1.29, 1.82) is 0 Å². The average Bonchev–Trinajstić information content (AvgIpc) is 3.37. The fourth-order valence-electron chi connectivity index (χ4n) is 8.70. The van der Waals surface area contributed by atoms with E-state index in [1.165, 1.54) is 22.8 Å². The normalized spacial score (nSPS) is 15.8. The van der Waals surface area contributed by atoms with Gasteiger partial charge in [-0.1, -0.05) is 156 Å². The summed E-state index contributed by atoms with van der Waals surface area (Å²) in [5, 5.41) is 22.4. The molecule has 1 fully saturated rings. The van der Waals surface area contributed by atoms with Gasteiger partial charge in [0.1, 0.15) is 0 Å². The van der Waals surface area contributed by atoms with E-state index in [4.69, 9.17) is 45.0 Å². The number of carbonyl (C=O) groups is 4. The van der Waals surface area contributed by atoms with Gasteiger partial charge in [-0.05, 0) is 94.7 Å². The number of aliphatic carboxylic acids is 2. The molecule has 1 saturated heterocycles. The Bertz CT molecular complexity index is 2730. The number of nitrogens with one attached hydrogen (secondary N) is 1. The zero-order valence-corrected chi connectivity index (χ0v) is 39.6. The summed E-state index contributed by atoms with van der Waals surface area (Å²) in [6, 6.07) is 42.3. The van der Waals surface area contributed by atoms with Crippen molar-refractivity contribution >= 4 is 85.2 Å². The van der Waals surface area contributed by atoms with Gasteiger partial charge in [-0.15, -0.1) is 4.48 Å². The van der Waals surface area contributed by atoms with Crippen LogP contribution in [-0.2, 0) is 33.6 Å². The van der Waals surface area contributed by atoms with E-state index in [0.717, 1.165) is 84.1 Å². The third-order valence-electron chi connectivity index (χ3n) is 12.2. The first-order valence-corrected chi connectivity index (χ1v) is 23.6. The second-order valence-corrected chi connectivity index (χ2v) is 17.5. The van der Waals surface area contributed by atoms with Gasteiger partial charge in [0, 0.05) is 68.7 Å². The number of halogens is 3. The van der Waals surface area contributed by atoms with Crippen molar-refractivity contribution in [2.24, 2.45) is 0 Å². The Morgan fingerprint density at radius 2 is 0.809 bits per heavy atom. The Balaban J connectivity index is 0.000000176. The number of imide groups is 1. The van der Waals surface area contributed by atoms with Crippen molar-refractivity contribution in [2.45, 2.75) is 38.5 Å². The number of nitrogens with zero attached hydrogens (tertiary/aromatic N) is 2. The van der Waals surface area contributed by atoms with Gasteiger partial charge < -0.3 is 15.5 Å². The lowest BCUT2D eigenvalue weighted by Gasteiger charge is -2.37. The van der Waals surface area contributed by atoms with E-state index in [2.05, 4.69) is 23.5 Å². The molecule has 346 valence electrons. The molecule has 5 aromatic rings. The number of allylic oxidation sites excluding steroid dienone is 6. The zero-order valence-electron chi connectivity index (χ0n) is 37.3. The number of urea groups is 1. The minimum atomic E-state index is -0.948. The van der Waals surface area contributed by atoms with Crippen LogP contribution in [0, 0.1) is 0 Å². The Morgan fingerprint density at radius 3 is 1.18 bits per heavy atom. The Hall–Kier alpha value is -6.59. The number of hydrogen-bond donors (Lipinski definition) is 3. The number of para-hydroxylation sites is 2. The molecule has 0 radical (unpaired) electrons. The minimum absolute atomic E-state index is 0.252. The molecule has 3 aliphatic carbocycles. The summed E-state index contributed by atoms with van der Waals surface area (Å²) in [6.07, 6.45) is 13.8. The highest BCUT2D eigenvalue weighted by Gasteiger charge is 2.51. The van der Waals surface area contributed by atoms with Crippen LogP contribution in [0.4, 0.5) is 16.2 Å². The number of benzene rings is 5. The number of hydrogen-bond acceptors (Lipinski definition) is 5. The summed E-state index contributed by atoms with van der Waals surface area (Å²) in [5.74, 6) is -2.22. The maximum absolute atomic E-state index is 14.3. The van der Waals surface area contributed by atoms with Crippen molar-refractivity contribution in [2.75, 3.05) is 26.2 Å². The standard InChI is InChI=1S/C30H29ClN3O2.2C13H11ClO2/c31-29-24(16-15-23-9-7-8-14-27(23)29)17-18-28(35)34(25-10-3-1-4-11-25,26-12-5-2-6-13-26)30(36)33-21-19-32-20-22-33;2*14-13-10(7-8-12(15)16)6-5-9-3-1-2-4-11(9)13/h1-14,17-18,32H,15-16,19-22H2;2*1-4,7-8H,5-6H2,(H,15,16)/q+1;;. The van der Waals surface area contributed by atoms with E-state index >= 15 is 0 Å². The van der Waals surface area contributed by atoms with Gasteiger partial charge in [0.05, 0.1) is 15.1 Å². The van der Waals surface area contributed by atoms with E-state index in [0.29, 0.717) is 52.7 Å². The van der Waals surface area contributed by atoms with Gasteiger partial charge in [0.15, 0.2) is 11.4 Å². The summed E-state index contributed by atoms with van der Waals surface area (Å²) in [4.78, 5) is 51.3. The number of fused-ring (bicyclic) bond motifs is 3. The van der Waals surface area contributed by atoms with Gasteiger partial charge in [-0.25, -0.2) is 19.2 Å². The maximum atomic E-state index is 14.3. The average molecular weight is 968 g/mol. The van der Waals surface area contributed by atoms with E-state index in [9.17, 15) is 19.2 Å². The third-order valence-corrected chi connectivity index (χ3v) is 13.5. The second kappa shape index (κ2) is 23.4. The molecule has 68 heavy (non-hydrogen) atoms. The first-order chi connectivity index (χ1) is 33.0. The predicted molar refractivity (Wildman–Crippen MR) is 274 cm³/mol. The second-order valence-electron chi connectivity index (χ2n) is 16.4. The number of carboxylic acids is 2. The zero-order chi connectivity index (χ0) is 48.0. The maximum Gasteiger partial charge on any atom is 0.437 e. The third kappa shape index (κ3) is 11.6. The molecule has 9 rings (SSSR count). The van der Waals surface area contributed by atoms with Crippen LogP contribution >= 0.6 is 34.8 Å². The largest absolute Gasteiger partial charge is 0.478 e. The lowest BCUT2D eigenvalue weighted by Crippen LogP contribution is -2.62. The molecule has 12 heteroatoms. The van der Waals surface area contributed by atoms with Crippen LogP contribution < -0.4 is 9.80 Å². The fourth-order valence-corrected chi connectivity index (χ4v) is 9.73. The predicted octanol–water partition coefficient (Wildman–Crippen LogP) is 12.5. The number of carboxylic acid groups (broad SMARTS) is 2. The van der Waals surface area contributed by atoms with Crippen LogP contribution in [0.2, 0.25) is 0 Å². The number of rotatable bonds is 8. The molecule has 0 aromatic heterocycles. The van der Waals surface area contributed by atoms with Crippen molar-refractivity contribution in [1.82, 2.24) is 14.7 Å². The molecule has 0 bridgehead atoms. The first-order valence-electron chi connectivity index (χ1n) is 22.4. The van der Waals surface area contributed by atoms with Gasteiger partial charge >= 0.3 is 23.9 Å². The van der Waals surface area contributed by atoms with Crippen molar-refractivity contribution in [3.63, 3.8) is 0 Å². The lowest BCUT2D eigenvalue weighted by atomic mass is 9.91. The van der Waals surface area contributed by atoms with Gasteiger partial charge in [-0.2, -0.15) is 0 Å². The first kappa shape index (κ1) is 49.3.